The molecule has 0 radical (unpaired) electrons. The highest BCUT2D eigenvalue weighted by atomic mass is 16.5. The van der Waals surface area contributed by atoms with Crippen molar-refractivity contribution in [1.29, 1.82) is 0 Å². The molecule has 2 fully saturated rings. The SMILES string of the molecule is COCCNCCNC(=O)N[C@H](C(=O)N1CCC[C@H]1C(=O)NC(CC1CC1)C(=O)C(N)=O)C(C)(C)C. The monoisotopic (exact) mass is 510 g/mol. The van der Waals surface area contributed by atoms with E-state index in [4.69, 9.17) is 10.5 Å². The lowest BCUT2D eigenvalue weighted by molar-refractivity contribution is -0.143. The van der Waals surface area contributed by atoms with Gasteiger partial charge in [-0.3, -0.25) is 19.2 Å². The van der Waals surface area contributed by atoms with Gasteiger partial charge in [0.15, 0.2) is 0 Å². The summed E-state index contributed by atoms with van der Waals surface area (Å²) in [7, 11) is 1.61. The molecule has 1 aliphatic carbocycles. The maximum Gasteiger partial charge on any atom is 0.315 e. The number of carbonyl (C=O) groups excluding carboxylic acids is 5. The van der Waals surface area contributed by atoms with Crippen LogP contribution in [0.1, 0.15) is 52.9 Å². The first-order chi connectivity index (χ1) is 17.0. The van der Waals surface area contributed by atoms with Gasteiger partial charge in [0, 0.05) is 33.3 Å². The number of hydrogen-bond donors (Lipinski definition) is 5. The molecule has 0 aromatic heterocycles. The maximum absolute atomic E-state index is 13.5. The number of rotatable bonds is 14. The molecule has 1 unspecified atom stereocenters. The van der Waals surface area contributed by atoms with E-state index in [0.717, 1.165) is 12.8 Å². The summed E-state index contributed by atoms with van der Waals surface area (Å²) >= 11 is 0. The molecule has 1 heterocycles. The zero-order valence-corrected chi connectivity index (χ0v) is 21.9. The van der Waals surface area contributed by atoms with Crippen LogP contribution in [-0.2, 0) is 23.9 Å². The van der Waals surface area contributed by atoms with E-state index in [1.165, 1.54) is 4.90 Å². The highest BCUT2D eigenvalue weighted by Crippen LogP contribution is 2.34. The van der Waals surface area contributed by atoms with Crippen LogP contribution in [0.3, 0.4) is 0 Å². The number of hydrogen-bond acceptors (Lipinski definition) is 7. The van der Waals surface area contributed by atoms with Crippen LogP contribution in [0.25, 0.3) is 0 Å². The lowest BCUT2D eigenvalue weighted by atomic mass is 9.85. The predicted octanol–water partition coefficient (Wildman–Crippen LogP) is -0.733. The highest BCUT2D eigenvalue weighted by molar-refractivity contribution is 6.37. The average molecular weight is 511 g/mol. The highest BCUT2D eigenvalue weighted by Gasteiger charge is 2.43. The molecule has 5 amide bonds. The van der Waals surface area contributed by atoms with Gasteiger partial charge in [-0.15, -0.1) is 0 Å². The van der Waals surface area contributed by atoms with E-state index in [1.807, 2.05) is 20.8 Å². The van der Waals surface area contributed by atoms with Crippen molar-refractivity contribution < 1.29 is 28.7 Å². The van der Waals surface area contributed by atoms with Crippen molar-refractivity contribution in [2.24, 2.45) is 17.1 Å². The van der Waals surface area contributed by atoms with Gasteiger partial charge in [0.2, 0.25) is 17.6 Å². The molecule has 0 aromatic carbocycles. The summed E-state index contributed by atoms with van der Waals surface area (Å²) in [6.45, 7) is 8.01. The summed E-state index contributed by atoms with van der Waals surface area (Å²) in [5.74, 6) is -2.48. The average Bonchev–Trinajstić information content (AvgIpc) is 3.48. The Bertz CT molecular complexity index is 809. The Morgan fingerprint density at radius 1 is 1.03 bits per heavy atom. The fraction of sp³-hybridized carbons (Fsp3) is 0.792. The molecule has 0 spiro atoms. The minimum absolute atomic E-state index is 0.281. The van der Waals surface area contributed by atoms with E-state index in [2.05, 4.69) is 21.3 Å². The molecule has 1 saturated heterocycles. The number of ether oxygens (including phenoxy) is 1. The number of urea groups is 1. The van der Waals surface area contributed by atoms with Crippen molar-refractivity contribution in [3.05, 3.63) is 0 Å². The van der Waals surface area contributed by atoms with Crippen molar-refractivity contribution in [3.8, 4) is 0 Å². The summed E-state index contributed by atoms with van der Waals surface area (Å²) in [5, 5.41) is 11.3. The van der Waals surface area contributed by atoms with Gasteiger partial charge in [0.1, 0.15) is 12.1 Å². The fourth-order valence-corrected chi connectivity index (χ4v) is 4.22. The molecule has 0 bridgehead atoms. The number of carbonyl (C=O) groups is 5. The molecule has 3 atom stereocenters. The Labute approximate surface area is 212 Å². The minimum atomic E-state index is -1.09. The first-order valence-electron chi connectivity index (χ1n) is 12.6. The van der Waals surface area contributed by atoms with Gasteiger partial charge in [0.25, 0.3) is 5.91 Å². The minimum Gasteiger partial charge on any atom is -0.383 e. The number of Topliss-reactive ketones (excluding diaryl/α,β-unsaturated/α-hetero) is 1. The van der Waals surface area contributed by atoms with Crippen molar-refractivity contribution in [3.63, 3.8) is 0 Å². The third-order valence-electron chi connectivity index (χ3n) is 6.44. The molecule has 0 aromatic rings. The lowest BCUT2D eigenvalue weighted by Gasteiger charge is -2.35. The normalized spacial score (nSPS) is 19.3. The van der Waals surface area contributed by atoms with Gasteiger partial charge in [-0.05, 0) is 30.6 Å². The number of nitrogens with zero attached hydrogens (tertiary/aromatic N) is 1. The summed E-state index contributed by atoms with van der Waals surface area (Å²) < 4.78 is 4.95. The Balaban J connectivity index is 2.01. The van der Waals surface area contributed by atoms with Crippen molar-refractivity contribution in [2.75, 3.05) is 39.9 Å². The third kappa shape index (κ3) is 9.05. The predicted molar refractivity (Wildman–Crippen MR) is 133 cm³/mol. The number of amides is 5. The molecule has 36 heavy (non-hydrogen) atoms. The zero-order chi connectivity index (χ0) is 26.9. The standard InChI is InChI=1S/C24H42N6O6/c1-24(2,3)19(29-23(35)27-10-9-26-11-13-36-4)22(34)30-12-5-6-17(30)21(33)28-16(14-15-7-8-15)18(31)20(25)32/h15-17,19,26H,5-14H2,1-4H3,(H2,25,32)(H,28,33)(H2,27,29,35)/t16?,17-,19+/m0/s1. The number of nitrogens with one attached hydrogen (secondary N) is 4. The van der Waals surface area contributed by atoms with E-state index in [9.17, 15) is 24.0 Å². The molecule has 2 rings (SSSR count). The van der Waals surface area contributed by atoms with Crippen LogP contribution >= 0.6 is 0 Å². The van der Waals surface area contributed by atoms with Gasteiger partial charge in [-0.25, -0.2) is 4.79 Å². The molecule has 204 valence electrons. The first-order valence-corrected chi connectivity index (χ1v) is 12.6. The quantitative estimate of drug-likeness (QED) is 0.151. The van der Waals surface area contributed by atoms with E-state index in [0.29, 0.717) is 52.0 Å². The molecule has 1 aliphatic heterocycles. The second kappa shape index (κ2) is 13.5. The summed E-state index contributed by atoms with van der Waals surface area (Å²) in [6, 6.07) is -3.13. The van der Waals surface area contributed by atoms with E-state index >= 15 is 0 Å². The van der Waals surface area contributed by atoms with Crippen LogP contribution in [-0.4, -0.2) is 92.5 Å². The topological polar surface area (TPSA) is 172 Å². The second-order valence-electron chi connectivity index (χ2n) is 10.6. The number of likely N-dealkylation sites (tertiary alicyclic amines) is 1. The maximum atomic E-state index is 13.5. The Hall–Kier alpha value is -2.73. The van der Waals surface area contributed by atoms with Crippen LogP contribution in [0.5, 0.6) is 0 Å². The van der Waals surface area contributed by atoms with Crippen LogP contribution in [0.15, 0.2) is 0 Å². The van der Waals surface area contributed by atoms with Gasteiger partial charge in [-0.1, -0.05) is 33.6 Å². The van der Waals surface area contributed by atoms with Crippen LogP contribution in [0.2, 0.25) is 0 Å². The largest absolute Gasteiger partial charge is 0.383 e. The second-order valence-corrected chi connectivity index (χ2v) is 10.6. The number of methoxy groups -OCH3 is 1. The van der Waals surface area contributed by atoms with E-state index in [1.54, 1.807) is 7.11 Å². The Morgan fingerprint density at radius 2 is 1.72 bits per heavy atom. The third-order valence-corrected chi connectivity index (χ3v) is 6.44. The van der Waals surface area contributed by atoms with Gasteiger partial charge < -0.3 is 36.6 Å². The van der Waals surface area contributed by atoms with Crippen molar-refractivity contribution >= 4 is 29.5 Å². The van der Waals surface area contributed by atoms with Gasteiger partial charge in [-0.2, -0.15) is 0 Å². The zero-order valence-electron chi connectivity index (χ0n) is 21.9. The number of ketones is 1. The smallest absolute Gasteiger partial charge is 0.315 e. The van der Waals surface area contributed by atoms with Crippen molar-refractivity contribution in [1.82, 2.24) is 26.2 Å². The number of nitrogens with two attached hydrogens (primary N) is 1. The lowest BCUT2D eigenvalue weighted by Crippen LogP contribution is -2.60. The van der Waals surface area contributed by atoms with Crippen LogP contribution in [0, 0.1) is 11.3 Å². The van der Waals surface area contributed by atoms with Gasteiger partial charge >= 0.3 is 6.03 Å². The first kappa shape index (κ1) is 29.5. The number of primary amides is 1. The summed E-state index contributed by atoms with van der Waals surface area (Å²) in [6.07, 6.45) is 3.28. The van der Waals surface area contributed by atoms with Gasteiger partial charge in [0.05, 0.1) is 12.6 Å². The van der Waals surface area contributed by atoms with Crippen LogP contribution in [0.4, 0.5) is 4.79 Å². The molecular formula is C24H42N6O6. The molecule has 12 heteroatoms. The van der Waals surface area contributed by atoms with E-state index < -0.39 is 47.2 Å². The molecule has 1 saturated carbocycles. The molecule has 2 aliphatic rings. The Morgan fingerprint density at radius 3 is 2.31 bits per heavy atom. The molecular weight excluding hydrogens is 468 g/mol. The Kier molecular flexibility index (Phi) is 11.1. The summed E-state index contributed by atoms with van der Waals surface area (Å²) in [5.41, 5.74) is 4.56. The molecule has 6 N–H and O–H groups in total. The van der Waals surface area contributed by atoms with Crippen LogP contribution < -0.4 is 27.0 Å². The fourth-order valence-electron chi connectivity index (χ4n) is 4.22. The van der Waals surface area contributed by atoms with E-state index in [-0.39, 0.29) is 11.8 Å². The summed E-state index contributed by atoms with van der Waals surface area (Å²) in [4.78, 5) is 64.4. The molecule has 12 nitrogen and oxygen atoms in total. The van der Waals surface area contributed by atoms with Crippen molar-refractivity contribution in [2.45, 2.75) is 71.0 Å².